The molecule has 148 valence electrons. The van der Waals surface area contributed by atoms with Crippen LogP contribution >= 0.6 is 0 Å². The molecule has 0 amide bonds. The van der Waals surface area contributed by atoms with Crippen LogP contribution < -0.4 is 0 Å². The van der Waals surface area contributed by atoms with Gasteiger partial charge in [0.15, 0.2) is 5.78 Å². The molecule has 0 radical (unpaired) electrons. The number of nitrogens with one attached hydrogen (secondary N) is 1. The molecule has 4 rings (SSSR count). The SMILES string of the molecule is Cn1nc(C(=O)CCCN2CCC(F)(F)CC2)cc1-c1cc2ccccc2[nH]1. The fraction of sp³-hybridized carbons (Fsp3) is 0.429. The zero-order chi connectivity index (χ0) is 19.7. The zero-order valence-electron chi connectivity index (χ0n) is 15.9. The van der Waals surface area contributed by atoms with Crippen LogP contribution in [0.4, 0.5) is 8.78 Å². The van der Waals surface area contributed by atoms with E-state index in [1.54, 1.807) is 4.68 Å². The fourth-order valence-electron chi connectivity index (χ4n) is 3.76. The standard InChI is InChI=1S/C21H24F2N4O/c1-26-19(17-13-15-5-2-3-6-16(15)24-17)14-18(25-26)20(28)7-4-10-27-11-8-21(22,23)9-12-27/h2-3,5-6,13-14,24H,4,7-12H2,1H3. The van der Waals surface area contributed by atoms with Crippen LogP contribution in [0.15, 0.2) is 36.4 Å². The van der Waals surface area contributed by atoms with E-state index in [-0.39, 0.29) is 18.6 Å². The van der Waals surface area contributed by atoms with E-state index < -0.39 is 5.92 Å². The van der Waals surface area contributed by atoms with Gasteiger partial charge in [0.05, 0.1) is 11.4 Å². The van der Waals surface area contributed by atoms with Crippen LogP contribution in [0.5, 0.6) is 0 Å². The summed E-state index contributed by atoms with van der Waals surface area (Å²) in [4.78, 5) is 17.9. The highest BCUT2D eigenvalue weighted by Gasteiger charge is 2.33. The number of carbonyl (C=O) groups excluding carboxylic acids is 1. The molecule has 2 aromatic heterocycles. The molecule has 0 saturated carbocycles. The van der Waals surface area contributed by atoms with Crippen LogP contribution in [-0.4, -0.2) is 51.0 Å². The third kappa shape index (κ3) is 3.99. The highest BCUT2D eigenvalue weighted by atomic mass is 19.3. The average molecular weight is 386 g/mol. The third-order valence-electron chi connectivity index (χ3n) is 5.44. The van der Waals surface area contributed by atoms with Gasteiger partial charge in [-0.15, -0.1) is 0 Å². The van der Waals surface area contributed by atoms with Crippen molar-refractivity contribution < 1.29 is 13.6 Å². The minimum Gasteiger partial charge on any atom is -0.353 e. The largest absolute Gasteiger partial charge is 0.353 e. The van der Waals surface area contributed by atoms with Gasteiger partial charge in [-0.1, -0.05) is 18.2 Å². The maximum absolute atomic E-state index is 13.2. The quantitative estimate of drug-likeness (QED) is 0.644. The highest BCUT2D eigenvalue weighted by molar-refractivity contribution is 5.95. The molecule has 0 atom stereocenters. The molecule has 3 aromatic rings. The first-order valence-corrected chi connectivity index (χ1v) is 9.67. The molecule has 1 N–H and O–H groups in total. The summed E-state index contributed by atoms with van der Waals surface area (Å²) in [5.74, 6) is -2.54. The van der Waals surface area contributed by atoms with Gasteiger partial charge in [-0.2, -0.15) is 5.10 Å². The molecular formula is C21H24F2N4O. The van der Waals surface area contributed by atoms with E-state index in [0.29, 0.717) is 38.2 Å². The van der Waals surface area contributed by atoms with Crippen LogP contribution in [0.1, 0.15) is 36.2 Å². The van der Waals surface area contributed by atoms with E-state index in [1.165, 1.54) is 0 Å². The van der Waals surface area contributed by atoms with Crippen LogP contribution in [-0.2, 0) is 7.05 Å². The van der Waals surface area contributed by atoms with Crippen molar-refractivity contribution in [2.45, 2.75) is 31.6 Å². The number of carbonyl (C=O) groups is 1. The maximum Gasteiger partial charge on any atom is 0.250 e. The van der Waals surface area contributed by atoms with Gasteiger partial charge in [-0.3, -0.25) is 9.48 Å². The lowest BCUT2D eigenvalue weighted by Crippen LogP contribution is -2.39. The van der Waals surface area contributed by atoms with Gasteiger partial charge in [0.2, 0.25) is 0 Å². The van der Waals surface area contributed by atoms with E-state index in [1.807, 2.05) is 48.3 Å². The number of nitrogens with zero attached hydrogens (tertiary/aromatic N) is 3. The Balaban J connectivity index is 1.37. The summed E-state index contributed by atoms with van der Waals surface area (Å²) in [5.41, 5.74) is 3.27. The lowest BCUT2D eigenvalue weighted by Gasteiger charge is -2.31. The molecule has 1 aromatic carbocycles. The Morgan fingerprint density at radius 2 is 1.96 bits per heavy atom. The number of halogens is 2. The summed E-state index contributed by atoms with van der Waals surface area (Å²) in [5, 5.41) is 5.49. The first-order valence-electron chi connectivity index (χ1n) is 9.67. The minimum absolute atomic E-state index is 0.0136. The molecular weight excluding hydrogens is 362 g/mol. The number of alkyl halides is 2. The van der Waals surface area contributed by atoms with E-state index in [4.69, 9.17) is 0 Å². The Labute approximate surface area is 162 Å². The molecule has 1 saturated heterocycles. The van der Waals surface area contributed by atoms with Crippen molar-refractivity contribution in [1.82, 2.24) is 19.7 Å². The topological polar surface area (TPSA) is 53.9 Å². The number of fused-ring (bicyclic) bond motifs is 1. The van der Waals surface area contributed by atoms with E-state index in [2.05, 4.69) is 10.1 Å². The van der Waals surface area contributed by atoms with Crippen molar-refractivity contribution in [3.63, 3.8) is 0 Å². The van der Waals surface area contributed by atoms with Gasteiger partial charge in [0.25, 0.3) is 5.92 Å². The summed E-state index contributed by atoms with van der Waals surface area (Å²) >= 11 is 0. The van der Waals surface area contributed by atoms with Gasteiger partial charge >= 0.3 is 0 Å². The number of H-pyrrole nitrogens is 1. The maximum atomic E-state index is 13.2. The number of para-hydroxylation sites is 1. The zero-order valence-corrected chi connectivity index (χ0v) is 15.9. The smallest absolute Gasteiger partial charge is 0.250 e. The average Bonchev–Trinajstić information content (AvgIpc) is 3.26. The number of hydrogen-bond donors (Lipinski definition) is 1. The van der Waals surface area contributed by atoms with Crippen molar-refractivity contribution in [3.05, 3.63) is 42.1 Å². The van der Waals surface area contributed by atoms with Gasteiger partial charge in [-0.25, -0.2) is 8.78 Å². The number of piperidine rings is 1. The summed E-state index contributed by atoms with van der Waals surface area (Å²) in [6.07, 6.45) is 0.850. The molecule has 5 nitrogen and oxygen atoms in total. The molecule has 28 heavy (non-hydrogen) atoms. The number of aryl methyl sites for hydroxylation is 1. The number of benzene rings is 1. The Bertz CT molecular complexity index is 948. The molecule has 7 heteroatoms. The molecule has 0 aliphatic carbocycles. The van der Waals surface area contributed by atoms with E-state index in [0.717, 1.165) is 22.3 Å². The lowest BCUT2D eigenvalue weighted by molar-refractivity contribution is -0.0551. The van der Waals surface area contributed by atoms with Crippen molar-refractivity contribution in [2.24, 2.45) is 7.05 Å². The second kappa shape index (κ2) is 7.47. The van der Waals surface area contributed by atoms with E-state index in [9.17, 15) is 13.6 Å². The molecule has 1 aliphatic rings. The number of rotatable bonds is 6. The van der Waals surface area contributed by atoms with E-state index >= 15 is 0 Å². The van der Waals surface area contributed by atoms with Crippen LogP contribution in [0.2, 0.25) is 0 Å². The van der Waals surface area contributed by atoms with Crippen LogP contribution in [0, 0.1) is 0 Å². The normalized spacial score (nSPS) is 17.2. The minimum atomic E-state index is -2.53. The summed E-state index contributed by atoms with van der Waals surface area (Å²) in [6.45, 7) is 1.47. The number of aromatic nitrogens is 3. The summed E-state index contributed by atoms with van der Waals surface area (Å²) in [7, 11) is 1.82. The Morgan fingerprint density at radius 1 is 1.21 bits per heavy atom. The molecule has 1 fully saturated rings. The van der Waals surface area contributed by atoms with Crippen molar-refractivity contribution >= 4 is 16.7 Å². The highest BCUT2D eigenvalue weighted by Crippen LogP contribution is 2.28. The first kappa shape index (κ1) is 18.8. The Morgan fingerprint density at radius 3 is 2.71 bits per heavy atom. The van der Waals surface area contributed by atoms with Crippen molar-refractivity contribution in [1.29, 1.82) is 0 Å². The monoisotopic (exact) mass is 386 g/mol. The summed E-state index contributed by atoms with van der Waals surface area (Å²) in [6, 6.07) is 11.9. The third-order valence-corrected chi connectivity index (χ3v) is 5.44. The number of ketones is 1. The second-order valence-corrected chi connectivity index (χ2v) is 7.53. The van der Waals surface area contributed by atoms with Crippen molar-refractivity contribution in [2.75, 3.05) is 19.6 Å². The second-order valence-electron chi connectivity index (χ2n) is 7.53. The van der Waals surface area contributed by atoms with Gasteiger partial charge in [0, 0.05) is 50.3 Å². The van der Waals surface area contributed by atoms with Gasteiger partial charge in [-0.05, 0) is 31.2 Å². The molecule has 0 spiro atoms. The molecule has 1 aliphatic heterocycles. The summed E-state index contributed by atoms with van der Waals surface area (Å²) < 4.78 is 28.1. The predicted octanol–water partition coefficient (Wildman–Crippen LogP) is 4.26. The number of hydrogen-bond acceptors (Lipinski definition) is 3. The van der Waals surface area contributed by atoms with Gasteiger partial charge < -0.3 is 9.88 Å². The fourth-order valence-corrected chi connectivity index (χ4v) is 3.76. The first-order chi connectivity index (χ1) is 13.4. The Hall–Kier alpha value is -2.54. The number of aromatic amines is 1. The lowest BCUT2D eigenvalue weighted by atomic mass is 10.1. The molecule has 3 heterocycles. The number of Topliss-reactive ketones (excluding diaryl/α,β-unsaturated/α-hetero) is 1. The van der Waals surface area contributed by atoms with Crippen molar-refractivity contribution in [3.8, 4) is 11.4 Å². The molecule has 0 unspecified atom stereocenters. The predicted molar refractivity (Wildman–Crippen MR) is 105 cm³/mol. The Kier molecular flexibility index (Phi) is 5.02. The van der Waals surface area contributed by atoms with Gasteiger partial charge in [0.1, 0.15) is 5.69 Å². The molecule has 0 bridgehead atoms. The van der Waals surface area contributed by atoms with Crippen LogP contribution in [0.3, 0.4) is 0 Å². The van der Waals surface area contributed by atoms with Crippen LogP contribution in [0.25, 0.3) is 22.3 Å². The number of likely N-dealkylation sites (tertiary alicyclic amines) is 1.